The highest BCUT2D eigenvalue weighted by Gasteiger charge is 2.22. The van der Waals surface area contributed by atoms with E-state index in [1.54, 1.807) is 29.2 Å². The van der Waals surface area contributed by atoms with Crippen molar-refractivity contribution in [3.63, 3.8) is 0 Å². The van der Waals surface area contributed by atoms with Gasteiger partial charge in [0.15, 0.2) is 0 Å². The van der Waals surface area contributed by atoms with Crippen LogP contribution in [0.4, 0.5) is 0 Å². The molecule has 0 aromatic heterocycles. The lowest BCUT2D eigenvalue weighted by Gasteiger charge is -2.24. The van der Waals surface area contributed by atoms with E-state index < -0.39 is 0 Å². The summed E-state index contributed by atoms with van der Waals surface area (Å²) in [6, 6.07) is 17.5. The van der Waals surface area contributed by atoms with Gasteiger partial charge in [-0.15, -0.1) is 0 Å². The molecular formula is C60H105N3O2. The summed E-state index contributed by atoms with van der Waals surface area (Å²) < 4.78 is 5.07. The molecule has 10 aliphatic rings. The number of nitrogens with zero attached hydrogens (tertiary/aromatic N) is 2. The molecule has 2 aromatic carbocycles. The summed E-state index contributed by atoms with van der Waals surface area (Å²) in [5, 5.41) is 3.28. The van der Waals surface area contributed by atoms with Gasteiger partial charge in [-0.1, -0.05) is 165 Å². The summed E-state index contributed by atoms with van der Waals surface area (Å²) in [6.45, 7) is 15.5. The molecule has 8 fully saturated rings. The van der Waals surface area contributed by atoms with E-state index in [-0.39, 0.29) is 5.91 Å². The lowest BCUT2D eigenvalue weighted by molar-refractivity contribution is -0.129. The predicted octanol–water partition coefficient (Wildman–Crippen LogP) is 15.7. The second-order valence-corrected chi connectivity index (χ2v) is 21.3. The van der Waals surface area contributed by atoms with E-state index in [1.807, 2.05) is 4.90 Å². The zero-order valence-electron chi connectivity index (χ0n) is 43.5. The molecular weight excluding hydrogens is 795 g/mol. The molecule has 4 heterocycles. The number of amides is 1. The summed E-state index contributed by atoms with van der Waals surface area (Å²) >= 11 is 0. The van der Waals surface area contributed by atoms with Crippen LogP contribution in [-0.2, 0) is 35.2 Å². The molecule has 0 unspecified atom stereocenters. The monoisotopic (exact) mass is 900 g/mol. The zero-order valence-corrected chi connectivity index (χ0v) is 43.5. The molecule has 5 nitrogen and oxygen atoms in total. The number of benzene rings is 2. The standard InChI is InChI=1S/2C9H10.C7H13NO.C7H14.C6H13N.C5H11N.C5H10O.C5H10.C4H8.C3H6/c2*1-2-5-9-7-3-6-8(9)4-1;1-7(9)8-5-3-2-4-6-8;1-7(2)5-3-4-6-7;1-7-5-3-2-4-6-7;2*1-2-4-6-5-3-1;1-2-4-5-3-1;1-2-4-3-1;1-2-3-1/h2*1-2,4-5H,3,6-7H2;2-6H2,1H3;3-6H2,1-2H3;2-6H2,1H3;6H,1-5H2;1-5H2;1-5H2;1-4H2;1-3H2. The van der Waals surface area contributed by atoms with Crippen molar-refractivity contribution in [1.29, 1.82) is 0 Å². The van der Waals surface area contributed by atoms with Crippen molar-refractivity contribution in [1.82, 2.24) is 15.1 Å². The van der Waals surface area contributed by atoms with E-state index in [2.05, 4.69) is 79.6 Å². The van der Waals surface area contributed by atoms with Crippen molar-refractivity contribution in [3.8, 4) is 0 Å². The van der Waals surface area contributed by atoms with E-state index in [0.29, 0.717) is 5.41 Å². The Balaban J connectivity index is 0.000000194. The minimum Gasteiger partial charge on any atom is -0.381 e. The number of likely N-dealkylation sites (tertiary alicyclic amines) is 2. The second-order valence-electron chi connectivity index (χ2n) is 21.3. The maximum Gasteiger partial charge on any atom is 0.219 e. The van der Waals surface area contributed by atoms with Gasteiger partial charge in [0.25, 0.3) is 0 Å². The van der Waals surface area contributed by atoms with Gasteiger partial charge in [0.05, 0.1) is 0 Å². The highest BCUT2D eigenvalue weighted by Crippen LogP contribution is 2.36. The fraction of sp³-hybridized carbons (Fsp3) is 0.783. The van der Waals surface area contributed by atoms with Crippen molar-refractivity contribution in [2.75, 3.05) is 59.5 Å². The average Bonchev–Trinajstić information content (AvgIpc) is 3.72. The number of nitrogens with one attached hydrogen (secondary N) is 1. The first-order valence-electron chi connectivity index (χ1n) is 28.2. The minimum absolute atomic E-state index is 0.231. The van der Waals surface area contributed by atoms with Crippen molar-refractivity contribution >= 4 is 5.91 Å². The fourth-order valence-electron chi connectivity index (χ4n) is 9.24. The summed E-state index contributed by atoms with van der Waals surface area (Å²) in [5.74, 6) is 0.231. The highest BCUT2D eigenvalue weighted by molar-refractivity contribution is 5.73. The Hall–Kier alpha value is -2.21. The van der Waals surface area contributed by atoms with E-state index >= 15 is 0 Å². The Labute approximate surface area is 403 Å². The second kappa shape index (κ2) is 38.7. The lowest BCUT2D eigenvalue weighted by Crippen LogP contribution is -2.33. The number of aryl methyl sites for hydroxylation is 4. The first-order chi connectivity index (χ1) is 31.8. The third-order valence-corrected chi connectivity index (χ3v) is 14.2. The van der Waals surface area contributed by atoms with Gasteiger partial charge < -0.3 is 19.9 Å². The number of piperidine rings is 3. The van der Waals surface area contributed by atoms with Crippen molar-refractivity contribution in [3.05, 3.63) is 70.8 Å². The molecule has 4 aliphatic heterocycles. The van der Waals surface area contributed by atoms with Crippen molar-refractivity contribution in [2.45, 2.75) is 239 Å². The fourth-order valence-corrected chi connectivity index (χ4v) is 9.24. The van der Waals surface area contributed by atoms with E-state index in [9.17, 15) is 4.79 Å². The van der Waals surface area contributed by atoms with Gasteiger partial charge in [-0.2, -0.15) is 0 Å². The largest absolute Gasteiger partial charge is 0.381 e. The summed E-state index contributed by atoms with van der Waals surface area (Å²) in [5.41, 5.74) is 6.96. The Morgan fingerprint density at radius 2 is 0.769 bits per heavy atom. The lowest BCUT2D eigenvalue weighted by atomic mass is 9.92. The number of ether oxygens (including phenoxy) is 1. The molecule has 65 heavy (non-hydrogen) atoms. The highest BCUT2D eigenvalue weighted by atomic mass is 16.5. The van der Waals surface area contributed by atoms with E-state index in [0.717, 1.165) is 26.3 Å². The van der Waals surface area contributed by atoms with Crippen LogP contribution in [0.2, 0.25) is 0 Å². The molecule has 1 N–H and O–H groups in total. The smallest absolute Gasteiger partial charge is 0.219 e. The van der Waals surface area contributed by atoms with Crippen LogP contribution in [0.25, 0.3) is 0 Å². The summed E-state index contributed by atoms with van der Waals surface area (Å²) in [6.07, 6.45) is 47.9. The summed E-state index contributed by atoms with van der Waals surface area (Å²) in [4.78, 5) is 15.0. The van der Waals surface area contributed by atoms with Crippen LogP contribution in [0.1, 0.15) is 236 Å². The average molecular weight is 901 g/mol. The molecule has 2 aromatic rings. The van der Waals surface area contributed by atoms with Crippen LogP contribution in [0.5, 0.6) is 0 Å². The van der Waals surface area contributed by atoms with Gasteiger partial charge in [0, 0.05) is 33.2 Å². The van der Waals surface area contributed by atoms with Crippen LogP contribution < -0.4 is 5.32 Å². The van der Waals surface area contributed by atoms with Crippen LogP contribution in [0, 0.1) is 5.41 Å². The molecule has 12 rings (SSSR count). The zero-order chi connectivity index (χ0) is 46.3. The number of hydrogen-bond donors (Lipinski definition) is 1. The number of carbonyl (C=O) groups excluding carboxylic acids is 1. The molecule has 1 amide bonds. The molecule has 0 radical (unpaired) electrons. The third-order valence-electron chi connectivity index (χ3n) is 14.2. The molecule has 6 aliphatic carbocycles. The molecule has 4 saturated carbocycles. The Bertz CT molecular complexity index is 1230. The van der Waals surface area contributed by atoms with E-state index in [1.165, 1.54) is 244 Å². The Kier molecular flexibility index (Phi) is 34.0. The van der Waals surface area contributed by atoms with Crippen LogP contribution in [0.3, 0.4) is 0 Å². The topological polar surface area (TPSA) is 44.8 Å². The molecule has 0 spiro atoms. The SMILES string of the molecule is C1CC1.C1CCC1.C1CCCC1.C1CCNCC1.C1CCOCC1.CC(=O)N1CCCCC1.CC1(C)CCCC1.CN1CCCCC1.c1ccc2c(c1)CCC2.c1ccc2c(c1)CCC2. The van der Waals surface area contributed by atoms with Crippen molar-refractivity contribution in [2.24, 2.45) is 5.41 Å². The normalized spacial score (nSPS) is 21.7. The van der Waals surface area contributed by atoms with Gasteiger partial charge in [0.1, 0.15) is 0 Å². The van der Waals surface area contributed by atoms with Gasteiger partial charge in [-0.25, -0.2) is 0 Å². The van der Waals surface area contributed by atoms with Gasteiger partial charge >= 0.3 is 0 Å². The number of fused-ring (bicyclic) bond motifs is 2. The molecule has 4 saturated heterocycles. The van der Waals surface area contributed by atoms with Gasteiger partial charge in [0.2, 0.25) is 5.91 Å². The molecule has 0 bridgehead atoms. The maximum absolute atomic E-state index is 10.7. The summed E-state index contributed by atoms with van der Waals surface area (Å²) in [7, 11) is 2.19. The van der Waals surface area contributed by atoms with Gasteiger partial charge in [-0.05, 0) is 176 Å². The number of hydrogen-bond acceptors (Lipinski definition) is 4. The Morgan fingerprint density at radius 1 is 0.446 bits per heavy atom. The quantitative estimate of drug-likeness (QED) is 0.286. The molecule has 0 atom stereocenters. The number of rotatable bonds is 0. The maximum atomic E-state index is 10.7. The van der Waals surface area contributed by atoms with E-state index in [4.69, 9.17) is 4.74 Å². The minimum atomic E-state index is 0.231. The van der Waals surface area contributed by atoms with Crippen LogP contribution in [-0.4, -0.2) is 75.2 Å². The first-order valence-corrected chi connectivity index (χ1v) is 28.2. The first kappa shape index (κ1) is 57.1. The number of carbonyl (C=O) groups is 1. The Morgan fingerprint density at radius 3 is 0.969 bits per heavy atom. The predicted molar refractivity (Wildman–Crippen MR) is 283 cm³/mol. The van der Waals surface area contributed by atoms with Gasteiger partial charge in [-0.3, -0.25) is 4.79 Å². The van der Waals surface area contributed by atoms with Crippen molar-refractivity contribution < 1.29 is 9.53 Å². The molecule has 372 valence electrons. The van der Waals surface area contributed by atoms with Crippen LogP contribution >= 0.6 is 0 Å². The van der Waals surface area contributed by atoms with Crippen LogP contribution in [0.15, 0.2) is 48.5 Å². The third kappa shape index (κ3) is 32.2. The molecule has 5 heteroatoms.